The van der Waals surface area contributed by atoms with Crippen LogP contribution in [0.15, 0.2) is 46.8 Å². The first-order valence-electron chi connectivity index (χ1n) is 10.2. The Morgan fingerprint density at radius 3 is 2.56 bits per heavy atom. The van der Waals surface area contributed by atoms with Crippen molar-refractivity contribution in [3.63, 3.8) is 0 Å². The van der Waals surface area contributed by atoms with Crippen molar-refractivity contribution in [3.05, 3.63) is 58.1 Å². The van der Waals surface area contributed by atoms with Gasteiger partial charge in [-0.1, -0.05) is 36.7 Å². The summed E-state index contributed by atoms with van der Waals surface area (Å²) in [5.74, 6) is -1.64. The fraction of sp³-hybridized carbons (Fsp3) is 0.318. The number of carboxylic acids is 1. The van der Waals surface area contributed by atoms with E-state index in [9.17, 15) is 24.8 Å². The van der Waals surface area contributed by atoms with Crippen LogP contribution in [0, 0.1) is 22.0 Å². The number of fused-ring (bicyclic) bond motifs is 1. The maximum atomic E-state index is 12.7. The van der Waals surface area contributed by atoms with E-state index in [1.807, 2.05) is 12.1 Å². The maximum Gasteiger partial charge on any atom is 0.307 e. The number of carbonyl (C=O) groups is 2. The number of aromatic nitrogens is 1. The molecular formula is C22H21N3O5S2. The Balaban J connectivity index is 1.41. The lowest BCUT2D eigenvalue weighted by Crippen LogP contribution is -2.36. The van der Waals surface area contributed by atoms with E-state index in [4.69, 9.17) is 0 Å². The van der Waals surface area contributed by atoms with Crippen molar-refractivity contribution in [3.8, 4) is 0 Å². The fourth-order valence-electron chi connectivity index (χ4n) is 3.88. The van der Waals surface area contributed by atoms with Gasteiger partial charge in [0.2, 0.25) is 5.91 Å². The average molecular weight is 472 g/mol. The highest BCUT2D eigenvalue weighted by Crippen LogP contribution is 2.34. The molecule has 2 atom stereocenters. The molecule has 0 radical (unpaired) electrons. The van der Waals surface area contributed by atoms with E-state index in [2.05, 4.69) is 10.3 Å². The van der Waals surface area contributed by atoms with E-state index in [0.717, 1.165) is 33.0 Å². The molecular weight excluding hydrogens is 450 g/mol. The van der Waals surface area contributed by atoms with E-state index < -0.39 is 22.7 Å². The van der Waals surface area contributed by atoms with Crippen LogP contribution in [0.2, 0.25) is 0 Å². The number of rotatable bonds is 7. The Labute approximate surface area is 192 Å². The normalized spacial score (nSPS) is 18.4. The van der Waals surface area contributed by atoms with Crippen LogP contribution in [0.25, 0.3) is 10.2 Å². The summed E-state index contributed by atoms with van der Waals surface area (Å²) in [4.78, 5) is 39.1. The quantitative estimate of drug-likeness (QED) is 0.271. The highest BCUT2D eigenvalue weighted by Gasteiger charge is 2.35. The number of benzene rings is 2. The molecule has 1 saturated carbocycles. The summed E-state index contributed by atoms with van der Waals surface area (Å²) >= 11 is 3.05. The molecule has 2 N–H and O–H groups in total. The molecule has 8 nitrogen and oxygen atoms in total. The second-order valence-electron chi connectivity index (χ2n) is 7.70. The number of nitro groups is 1. The van der Waals surface area contributed by atoms with Gasteiger partial charge in [0.15, 0.2) is 4.34 Å². The molecule has 1 aromatic heterocycles. The molecule has 1 fully saturated rings. The Bertz CT molecular complexity index is 1160. The number of thiazole rings is 1. The zero-order valence-electron chi connectivity index (χ0n) is 17.0. The van der Waals surface area contributed by atoms with Crippen LogP contribution in [0.4, 0.5) is 11.4 Å². The molecule has 0 aliphatic heterocycles. The third-order valence-corrected chi connectivity index (χ3v) is 7.80. The van der Waals surface area contributed by atoms with Crippen molar-refractivity contribution in [2.24, 2.45) is 11.8 Å². The van der Waals surface area contributed by atoms with Gasteiger partial charge in [0.05, 0.1) is 27.0 Å². The summed E-state index contributed by atoms with van der Waals surface area (Å²) in [6.45, 7) is 0. The molecule has 166 valence electrons. The van der Waals surface area contributed by atoms with Crippen molar-refractivity contribution >= 4 is 56.6 Å². The monoisotopic (exact) mass is 471 g/mol. The molecule has 0 unspecified atom stereocenters. The second-order valence-corrected chi connectivity index (χ2v) is 9.95. The predicted octanol–water partition coefficient (Wildman–Crippen LogP) is 5.33. The van der Waals surface area contributed by atoms with Crippen molar-refractivity contribution in [1.82, 2.24) is 4.98 Å². The Kier molecular flexibility index (Phi) is 6.71. The minimum absolute atomic E-state index is 0.0659. The minimum atomic E-state index is -0.905. The molecule has 3 aromatic rings. The molecule has 0 saturated heterocycles. The average Bonchev–Trinajstić information content (AvgIpc) is 3.20. The molecule has 32 heavy (non-hydrogen) atoms. The van der Waals surface area contributed by atoms with Gasteiger partial charge < -0.3 is 10.4 Å². The summed E-state index contributed by atoms with van der Waals surface area (Å²) in [6.07, 6.45) is 2.84. The summed E-state index contributed by atoms with van der Waals surface area (Å²) in [5, 5.41) is 23.1. The molecule has 1 aliphatic rings. The highest BCUT2D eigenvalue weighted by atomic mass is 32.2. The van der Waals surface area contributed by atoms with Crippen molar-refractivity contribution < 1.29 is 19.6 Å². The van der Waals surface area contributed by atoms with E-state index in [-0.39, 0.29) is 11.6 Å². The number of aliphatic carboxylic acids is 1. The second kappa shape index (κ2) is 9.66. The number of nitro benzene ring substituents is 1. The lowest BCUT2D eigenvalue weighted by atomic mass is 9.78. The Morgan fingerprint density at radius 1 is 1.16 bits per heavy atom. The molecule has 0 bridgehead atoms. The maximum absolute atomic E-state index is 12.7. The largest absolute Gasteiger partial charge is 0.481 e. The summed E-state index contributed by atoms with van der Waals surface area (Å²) in [6, 6.07) is 11.9. The number of anilines is 1. The molecule has 4 rings (SSSR count). The Morgan fingerprint density at radius 2 is 1.88 bits per heavy atom. The molecule has 1 heterocycles. The van der Waals surface area contributed by atoms with E-state index in [0.29, 0.717) is 24.3 Å². The molecule has 0 spiro atoms. The lowest BCUT2D eigenvalue weighted by molar-refractivity contribution is -0.384. The van der Waals surface area contributed by atoms with Gasteiger partial charge in [-0.2, -0.15) is 0 Å². The lowest BCUT2D eigenvalue weighted by Gasteiger charge is -2.27. The molecule has 1 amide bonds. The van der Waals surface area contributed by atoms with Crippen LogP contribution in [0.1, 0.15) is 31.2 Å². The van der Waals surface area contributed by atoms with Crippen LogP contribution in [-0.4, -0.2) is 26.9 Å². The van der Waals surface area contributed by atoms with E-state index >= 15 is 0 Å². The van der Waals surface area contributed by atoms with Crippen molar-refractivity contribution in [1.29, 1.82) is 0 Å². The van der Waals surface area contributed by atoms with E-state index in [1.165, 1.54) is 23.5 Å². The number of carbonyl (C=O) groups excluding carboxylic acids is 1. The zero-order chi connectivity index (χ0) is 22.7. The first-order valence-corrected chi connectivity index (χ1v) is 12.0. The van der Waals surface area contributed by atoms with Crippen LogP contribution >= 0.6 is 23.1 Å². The van der Waals surface area contributed by atoms with Gasteiger partial charge in [-0.15, -0.1) is 11.3 Å². The van der Waals surface area contributed by atoms with Crippen LogP contribution in [-0.2, 0) is 15.3 Å². The smallest absolute Gasteiger partial charge is 0.307 e. The van der Waals surface area contributed by atoms with Gasteiger partial charge in [-0.25, -0.2) is 4.98 Å². The molecule has 1 aliphatic carbocycles. The van der Waals surface area contributed by atoms with Gasteiger partial charge in [-0.05, 0) is 36.6 Å². The number of amides is 1. The SMILES string of the molecule is O=C(Nc1ccc2nc(SCc3ccc([N+](=O)[O-])cc3)sc2c1)[C@H]1CCCC[C@H]1C(=O)O. The van der Waals surface area contributed by atoms with Gasteiger partial charge in [0.25, 0.3) is 5.69 Å². The molecule has 2 aromatic carbocycles. The zero-order valence-corrected chi connectivity index (χ0v) is 18.7. The van der Waals surface area contributed by atoms with Gasteiger partial charge >= 0.3 is 5.97 Å². The first-order chi connectivity index (χ1) is 15.4. The van der Waals surface area contributed by atoms with E-state index in [1.54, 1.807) is 30.0 Å². The highest BCUT2D eigenvalue weighted by molar-refractivity contribution is 8.00. The van der Waals surface area contributed by atoms with Crippen LogP contribution in [0.5, 0.6) is 0 Å². The summed E-state index contributed by atoms with van der Waals surface area (Å²) in [5.41, 5.74) is 2.48. The summed E-state index contributed by atoms with van der Waals surface area (Å²) in [7, 11) is 0. The standard InChI is InChI=1S/C22H21N3O5S2/c26-20(16-3-1-2-4-17(16)21(27)28)23-14-7-10-18-19(11-14)32-22(24-18)31-12-13-5-8-15(9-6-13)25(29)30/h5-11,16-17H,1-4,12H2,(H,23,26)(H,27,28)/t16-,17+/m0/s1. The Hall–Kier alpha value is -2.98. The fourth-order valence-corrected chi connectivity index (χ4v) is 5.94. The number of nitrogens with zero attached hydrogens (tertiary/aromatic N) is 2. The number of thioether (sulfide) groups is 1. The number of nitrogens with one attached hydrogen (secondary N) is 1. The minimum Gasteiger partial charge on any atom is -0.481 e. The number of non-ortho nitro benzene ring substituents is 1. The topological polar surface area (TPSA) is 122 Å². The van der Waals surface area contributed by atoms with Crippen LogP contribution < -0.4 is 5.32 Å². The number of hydrogen-bond acceptors (Lipinski definition) is 7. The first kappa shape index (κ1) is 22.2. The third kappa shape index (κ3) is 5.08. The predicted molar refractivity (Wildman–Crippen MR) is 124 cm³/mol. The summed E-state index contributed by atoms with van der Waals surface area (Å²) < 4.78 is 1.78. The van der Waals surface area contributed by atoms with Gasteiger partial charge in [0.1, 0.15) is 0 Å². The van der Waals surface area contributed by atoms with Crippen LogP contribution in [0.3, 0.4) is 0 Å². The van der Waals surface area contributed by atoms with Gasteiger partial charge in [-0.3, -0.25) is 19.7 Å². The number of hydrogen-bond donors (Lipinski definition) is 2. The van der Waals surface area contributed by atoms with Gasteiger partial charge in [0, 0.05) is 23.6 Å². The van der Waals surface area contributed by atoms with Crippen molar-refractivity contribution in [2.45, 2.75) is 35.8 Å². The molecule has 10 heteroatoms. The number of carboxylic acid groups (broad SMARTS) is 1. The third-order valence-electron chi connectivity index (χ3n) is 5.57. The van der Waals surface area contributed by atoms with Crippen molar-refractivity contribution in [2.75, 3.05) is 5.32 Å².